The number of benzene rings is 8. The molecular formula is C52H34N4Si. The first kappa shape index (κ1) is 32.0. The standard InChI is InChI=1S/C52H34N4Si/c1-5-19-35(20-6-1)48-47-43-29-15-18-32-46(43)57(37-23-9-3-10-24-37,38-25-11-4-12-26-38)51(47)54-52(53-48)56-45-31-17-14-28-40(45)42-34-33-41-39-27-13-16-30-44(39)55(49(41)50(42)56)36-21-7-2-8-22-36/h1-34H. The Bertz CT molecular complexity index is 3290. The Kier molecular flexibility index (Phi) is 6.91. The summed E-state index contributed by atoms with van der Waals surface area (Å²) in [6.07, 6.45) is 0. The topological polar surface area (TPSA) is 35.6 Å². The molecule has 0 aliphatic carbocycles. The van der Waals surface area contributed by atoms with E-state index in [9.17, 15) is 0 Å². The van der Waals surface area contributed by atoms with Crippen LogP contribution < -0.4 is 20.9 Å². The SMILES string of the molecule is c1ccc(-c2nc(-n3c4ccccc4c4ccc5c6ccccc6n(-c6ccccc6)c5c43)nc3c2-c2ccccc2[Si]3(c2ccccc2)c2ccccc2)cc1. The maximum Gasteiger partial charge on any atom is 0.235 e. The summed E-state index contributed by atoms with van der Waals surface area (Å²) in [6, 6.07) is 74.7. The molecule has 4 heterocycles. The molecule has 12 rings (SSSR count). The van der Waals surface area contributed by atoms with Gasteiger partial charge in [-0.25, -0.2) is 9.97 Å². The van der Waals surface area contributed by atoms with Gasteiger partial charge in [0, 0.05) is 38.4 Å². The lowest BCUT2D eigenvalue weighted by molar-refractivity contribution is 1.00. The molecule has 1 aliphatic rings. The summed E-state index contributed by atoms with van der Waals surface area (Å²) in [5.41, 5.74) is 9.95. The molecule has 5 heteroatoms. The normalized spacial score (nSPS) is 13.1. The Morgan fingerprint density at radius 3 is 1.51 bits per heavy atom. The van der Waals surface area contributed by atoms with Crippen LogP contribution in [0.4, 0.5) is 0 Å². The van der Waals surface area contributed by atoms with Crippen molar-refractivity contribution >= 4 is 72.6 Å². The van der Waals surface area contributed by atoms with Crippen molar-refractivity contribution in [2.75, 3.05) is 0 Å². The first-order valence-corrected chi connectivity index (χ1v) is 21.5. The van der Waals surface area contributed by atoms with Crippen LogP contribution in [0.2, 0.25) is 0 Å². The van der Waals surface area contributed by atoms with Crippen LogP contribution in [0.15, 0.2) is 206 Å². The molecule has 0 bridgehead atoms. The minimum atomic E-state index is -2.98. The number of fused-ring (bicyclic) bond motifs is 10. The van der Waals surface area contributed by atoms with Gasteiger partial charge in [0.15, 0.2) is 0 Å². The van der Waals surface area contributed by atoms with Crippen LogP contribution in [-0.4, -0.2) is 27.2 Å². The Hall–Kier alpha value is -7.34. The van der Waals surface area contributed by atoms with Crippen LogP contribution in [0.5, 0.6) is 0 Å². The molecule has 11 aromatic rings. The summed E-state index contributed by atoms with van der Waals surface area (Å²) >= 11 is 0. The molecule has 0 N–H and O–H groups in total. The van der Waals surface area contributed by atoms with Crippen molar-refractivity contribution in [2.45, 2.75) is 0 Å². The summed E-state index contributed by atoms with van der Waals surface area (Å²) in [4.78, 5) is 11.7. The van der Waals surface area contributed by atoms with E-state index < -0.39 is 8.07 Å². The highest BCUT2D eigenvalue weighted by Crippen LogP contribution is 2.42. The fourth-order valence-electron chi connectivity index (χ4n) is 9.72. The molecule has 0 amide bonds. The fraction of sp³-hybridized carbons (Fsp3) is 0. The van der Waals surface area contributed by atoms with Gasteiger partial charge in [0.2, 0.25) is 14.0 Å². The van der Waals surface area contributed by atoms with E-state index in [4.69, 9.17) is 9.97 Å². The first-order valence-electron chi connectivity index (χ1n) is 19.5. The maximum absolute atomic E-state index is 5.97. The molecule has 0 atom stereocenters. The lowest BCUT2D eigenvalue weighted by atomic mass is 10.0. The molecule has 0 radical (unpaired) electrons. The average Bonchev–Trinajstić information content (AvgIpc) is 3.92. The number of para-hydroxylation sites is 3. The Morgan fingerprint density at radius 2 is 0.877 bits per heavy atom. The molecule has 0 saturated carbocycles. The number of hydrogen-bond acceptors (Lipinski definition) is 2. The van der Waals surface area contributed by atoms with E-state index >= 15 is 0 Å². The van der Waals surface area contributed by atoms with Gasteiger partial charge in [-0.1, -0.05) is 182 Å². The predicted molar refractivity (Wildman–Crippen MR) is 239 cm³/mol. The largest absolute Gasteiger partial charge is 0.307 e. The van der Waals surface area contributed by atoms with Crippen molar-refractivity contribution < 1.29 is 0 Å². The van der Waals surface area contributed by atoms with Gasteiger partial charge in [0.1, 0.15) is 0 Å². The quantitative estimate of drug-likeness (QED) is 0.165. The highest BCUT2D eigenvalue weighted by atomic mass is 28.3. The number of nitrogens with zero attached hydrogens (tertiary/aromatic N) is 4. The van der Waals surface area contributed by atoms with E-state index in [-0.39, 0.29) is 0 Å². The van der Waals surface area contributed by atoms with Crippen molar-refractivity contribution in [1.82, 2.24) is 19.1 Å². The van der Waals surface area contributed by atoms with E-state index in [1.165, 1.54) is 42.7 Å². The van der Waals surface area contributed by atoms with Crippen molar-refractivity contribution in [1.29, 1.82) is 0 Å². The molecular weight excluding hydrogens is 709 g/mol. The molecule has 57 heavy (non-hydrogen) atoms. The van der Waals surface area contributed by atoms with Crippen LogP contribution in [0.1, 0.15) is 0 Å². The lowest BCUT2D eigenvalue weighted by Gasteiger charge is -2.30. The Labute approximate surface area is 330 Å². The lowest BCUT2D eigenvalue weighted by Crippen LogP contribution is -2.73. The zero-order valence-electron chi connectivity index (χ0n) is 30.9. The van der Waals surface area contributed by atoms with E-state index in [2.05, 4.69) is 215 Å². The summed E-state index contributed by atoms with van der Waals surface area (Å²) in [5.74, 6) is 0.674. The van der Waals surface area contributed by atoms with Gasteiger partial charge in [-0.3, -0.25) is 4.57 Å². The van der Waals surface area contributed by atoms with Crippen LogP contribution in [0.3, 0.4) is 0 Å². The van der Waals surface area contributed by atoms with Gasteiger partial charge < -0.3 is 4.57 Å². The summed E-state index contributed by atoms with van der Waals surface area (Å²) in [6.45, 7) is 0. The number of rotatable bonds is 5. The molecule has 0 unspecified atom stereocenters. The van der Waals surface area contributed by atoms with Gasteiger partial charge in [-0.15, -0.1) is 0 Å². The van der Waals surface area contributed by atoms with Gasteiger partial charge in [-0.2, -0.15) is 0 Å². The molecule has 266 valence electrons. The van der Waals surface area contributed by atoms with Gasteiger partial charge in [0.05, 0.1) is 33.1 Å². The highest BCUT2D eigenvalue weighted by Gasteiger charge is 2.51. The molecule has 3 aromatic heterocycles. The minimum absolute atomic E-state index is 0.674. The summed E-state index contributed by atoms with van der Waals surface area (Å²) < 4.78 is 4.78. The Morgan fingerprint density at radius 1 is 0.386 bits per heavy atom. The molecule has 0 fully saturated rings. The van der Waals surface area contributed by atoms with E-state index in [0.29, 0.717) is 5.95 Å². The minimum Gasteiger partial charge on any atom is -0.307 e. The number of aromatic nitrogens is 4. The van der Waals surface area contributed by atoms with Crippen LogP contribution >= 0.6 is 0 Å². The van der Waals surface area contributed by atoms with E-state index in [1.54, 1.807) is 0 Å². The zero-order chi connectivity index (χ0) is 37.5. The second kappa shape index (κ2) is 12.3. The molecule has 0 spiro atoms. The van der Waals surface area contributed by atoms with Crippen LogP contribution in [0.25, 0.3) is 77.6 Å². The van der Waals surface area contributed by atoms with Crippen molar-refractivity contribution in [3.8, 4) is 34.0 Å². The third kappa shape index (κ3) is 4.43. The second-order valence-corrected chi connectivity index (χ2v) is 18.6. The zero-order valence-corrected chi connectivity index (χ0v) is 31.9. The third-order valence-corrected chi connectivity index (χ3v) is 16.7. The van der Waals surface area contributed by atoms with Crippen LogP contribution in [-0.2, 0) is 0 Å². The number of hydrogen-bond donors (Lipinski definition) is 0. The van der Waals surface area contributed by atoms with Crippen LogP contribution in [0, 0.1) is 0 Å². The van der Waals surface area contributed by atoms with Crippen molar-refractivity contribution in [3.63, 3.8) is 0 Å². The molecule has 8 aromatic carbocycles. The monoisotopic (exact) mass is 742 g/mol. The average molecular weight is 743 g/mol. The maximum atomic E-state index is 5.97. The van der Waals surface area contributed by atoms with Gasteiger partial charge in [0.25, 0.3) is 0 Å². The summed E-state index contributed by atoms with van der Waals surface area (Å²) in [5, 5.41) is 9.82. The smallest absolute Gasteiger partial charge is 0.235 e. The third-order valence-electron chi connectivity index (χ3n) is 12.0. The fourth-order valence-corrected chi connectivity index (χ4v) is 14.7. The highest BCUT2D eigenvalue weighted by molar-refractivity contribution is 7.21. The molecule has 4 nitrogen and oxygen atoms in total. The molecule has 0 saturated heterocycles. The van der Waals surface area contributed by atoms with Crippen molar-refractivity contribution in [3.05, 3.63) is 206 Å². The predicted octanol–water partition coefficient (Wildman–Crippen LogP) is 9.70. The van der Waals surface area contributed by atoms with E-state index in [1.807, 2.05) is 0 Å². The second-order valence-electron chi connectivity index (χ2n) is 14.9. The Balaban J connectivity index is 1.30. The van der Waals surface area contributed by atoms with Gasteiger partial charge >= 0.3 is 0 Å². The molecule has 1 aliphatic heterocycles. The van der Waals surface area contributed by atoms with E-state index in [0.717, 1.165) is 49.9 Å². The van der Waals surface area contributed by atoms with Gasteiger partial charge in [-0.05, 0) is 45.4 Å². The first-order chi connectivity index (χ1) is 28.3. The summed E-state index contributed by atoms with van der Waals surface area (Å²) in [7, 11) is -2.98. The van der Waals surface area contributed by atoms with Crippen molar-refractivity contribution in [2.24, 2.45) is 0 Å².